The summed E-state index contributed by atoms with van der Waals surface area (Å²) in [4.78, 5) is 37.4. The van der Waals surface area contributed by atoms with Crippen molar-refractivity contribution in [2.75, 3.05) is 13.7 Å². The lowest BCUT2D eigenvalue weighted by Gasteiger charge is -2.24. The number of hydrogen-bond donors (Lipinski definition) is 2. The number of carbonyl (C=O) groups is 3. The number of benzene rings is 2. The van der Waals surface area contributed by atoms with Gasteiger partial charge in [0.1, 0.15) is 5.60 Å². The molecule has 0 fully saturated rings. The van der Waals surface area contributed by atoms with Crippen LogP contribution in [0.5, 0.6) is 0 Å². The van der Waals surface area contributed by atoms with Crippen molar-refractivity contribution in [1.29, 1.82) is 0 Å². The van der Waals surface area contributed by atoms with Crippen LogP contribution < -0.4 is 10.6 Å². The van der Waals surface area contributed by atoms with E-state index >= 15 is 0 Å². The first-order valence-electron chi connectivity index (χ1n) is 11.1. The Morgan fingerprint density at radius 2 is 1.42 bits per heavy atom. The minimum atomic E-state index is -0.636. The number of amides is 2. The van der Waals surface area contributed by atoms with E-state index in [1.165, 1.54) is 7.11 Å². The van der Waals surface area contributed by atoms with Crippen LogP contribution in [0.25, 0.3) is 0 Å². The largest absolute Gasteiger partial charge is 0.469 e. The van der Waals surface area contributed by atoms with E-state index in [-0.39, 0.29) is 18.9 Å². The molecule has 2 atom stereocenters. The van der Waals surface area contributed by atoms with Gasteiger partial charge >= 0.3 is 12.1 Å². The first kappa shape index (κ1) is 25.9. The zero-order valence-electron chi connectivity index (χ0n) is 19.8. The van der Waals surface area contributed by atoms with Crippen molar-refractivity contribution in [3.63, 3.8) is 0 Å². The Bertz CT molecular complexity index is 894. The second-order valence-corrected chi connectivity index (χ2v) is 8.94. The molecular weight excluding hydrogens is 420 g/mol. The third-order valence-corrected chi connectivity index (χ3v) is 4.90. The van der Waals surface area contributed by atoms with Crippen LogP contribution in [-0.2, 0) is 31.9 Å². The first-order valence-corrected chi connectivity index (χ1v) is 11.1. The summed E-state index contributed by atoms with van der Waals surface area (Å²) in [6.07, 6.45) is 0.385. The number of alkyl carbamates (subject to hydrolysis) is 1. The van der Waals surface area contributed by atoms with Crippen molar-refractivity contribution in [1.82, 2.24) is 10.6 Å². The van der Waals surface area contributed by atoms with E-state index in [2.05, 4.69) is 10.6 Å². The van der Waals surface area contributed by atoms with Crippen LogP contribution >= 0.6 is 0 Å². The second kappa shape index (κ2) is 12.6. The molecule has 2 N–H and O–H groups in total. The van der Waals surface area contributed by atoms with Crippen LogP contribution in [0.2, 0.25) is 0 Å². The van der Waals surface area contributed by atoms with Crippen molar-refractivity contribution >= 4 is 18.0 Å². The number of methoxy groups -OCH3 is 1. The van der Waals surface area contributed by atoms with Gasteiger partial charge < -0.3 is 20.1 Å². The van der Waals surface area contributed by atoms with Gasteiger partial charge in [-0.25, -0.2) is 4.79 Å². The maximum atomic E-state index is 13.3. The van der Waals surface area contributed by atoms with E-state index in [1.54, 1.807) is 20.8 Å². The summed E-state index contributed by atoms with van der Waals surface area (Å²) in [5.74, 6) is -1.20. The Balaban J connectivity index is 2.13. The van der Waals surface area contributed by atoms with E-state index < -0.39 is 29.6 Å². The SMILES string of the molecule is COC(=O)C[C@H](Cc1ccccc1)NC(=O)[C@H](CNC(=O)OC(C)(C)C)Cc1ccccc1. The fraction of sp³-hybridized carbons (Fsp3) is 0.423. The van der Waals surface area contributed by atoms with Crippen molar-refractivity contribution in [2.45, 2.75) is 51.7 Å². The number of esters is 1. The van der Waals surface area contributed by atoms with Crippen LogP contribution in [0, 0.1) is 5.92 Å². The summed E-state index contributed by atoms with van der Waals surface area (Å²) in [6, 6.07) is 18.8. The Labute approximate surface area is 195 Å². The minimum absolute atomic E-state index is 0.0503. The van der Waals surface area contributed by atoms with Gasteiger partial charge in [0, 0.05) is 12.6 Å². The van der Waals surface area contributed by atoms with E-state index in [1.807, 2.05) is 60.7 Å². The van der Waals surface area contributed by atoms with Crippen LogP contribution in [-0.4, -0.2) is 43.3 Å². The van der Waals surface area contributed by atoms with Crippen LogP contribution in [0.4, 0.5) is 4.79 Å². The summed E-state index contributed by atoms with van der Waals surface area (Å²) in [6.45, 7) is 5.44. The zero-order valence-corrected chi connectivity index (χ0v) is 19.8. The molecule has 0 aliphatic carbocycles. The Morgan fingerprint density at radius 3 is 1.94 bits per heavy atom. The fourth-order valence-electron chi connectivity index (χ4n) is 3.35. The Kier molecular flexibility index (Phi) is 9.91. The molecule has 2 aromatic rings. The highest BCUT2D eigenvalue weighted by Gasteiger charge is 2.25. The van der Waals surface area contributed by atoms with Gasteiger partial charge in [-0.3, -0.25) is 9.59 Å². The first-order chi connectivity index (χ1) is 15.7. The molecule has 7 heteroatoms. The van der Waals surface area contributed by atoms with E-state index in [4.69, 9.17) is 9.47 Å². The van der Waals surface area contributed by atoms with Crippen LogP contribution in [0.15, 0.2) is 60.7 Å². The molecule has 2 amide bonds. The van der Waals surface area contributed by atoms with Crippen molar-refractivity contribution in [3.8, 4) is 0 Å². The molecule has 2 rings (SSSR count). The molecule has 7 nitrogen and oxygen atoms in total. The number of rotatable bonds is 10. The quantitative estimate of drug-likeness (QED) is 0.535. The molecule has 2 aromatic carbocycles. The van der Waals surface area contributed by atoms with Gasteiger partial charge in [0.15, 0.2) is 0 Å². The third-order valence-electron chi connectivity index (χ3n) is 4.90. The predicted octanol–water partition coefficient (Wildman–Crippen LogP) is 3.66. The van der Waals surface area contributed by atoms with Crippen LogP contribution in [0.1, 0.15) is 38.3 Å². The van der Waals surface area contributed by atoms with Gasteiger partial charge in [-0.15, -0.1) is 0 Å². The molecule has 0 aliphatic heterocycles. The Morgan fingerprint density at radius 1 is 0.879 bits per heavy atom. The maximum absolute atomic E-state index is 13.3. The molecule has 0 aromatic heterocycles. The van der Waals surface area contributed by atoms with E-state index in [0.29, 0.717) is 12.8 Å². The smallest absolute Gasteiger partial charge is 0.407 e. The number of ether oxygens (including phenoxy) is 2. The summed E-state index contributed by atoms with van der Waals surface area (Å²) in [5.41, 5.74) is 1.33. The monoisotopic (exact) mass is 454 g/mol. The average molecular weight is 455 g/mol. The van der Waals surface area contributed by atoms with Crippen molar-refractivity contribution in [2.24, 2.45) is 5.92 Å². The predicted molar refractivity (Wildman–Crippen MR) is 127 cm³/mol. The lowest BCUT2D eigenvalue weighted by atomic mass is 9.96. The summed E-state index contributed by atoms with van der Waals surface area (Å²) < 4.78 is 10.1. The number of hydrogen-bond acceptors (Lipinski definition) is 5. The highest BCUT2D eigenvalue weighted by molar-refractivity contribution is 5.81. The molecular formula is C26H34N2O5. The zero-order chi connectivity index (χ0) is 24.3. The molecule has 0 spiro atoms. The van der Waals surface area contributed by atoms with Crippen LogP contribution in [0.3, 0.4) is 0 Å². The summed E-state index contributed by atoms with van der Waals surface area (Å²) in [5, 5.41) is 5.69. The molecule has 0 radical (unpaired) electrons. The topological polar surface area (TPSA) is 93.7 Å². The summed E-state index contributed by atoms with van der Waals surface area (Å²) >= 11 is 0. The highest BCUT2D eigenvalue weighted by atomic mass is 16.6. The average Bonchev–Trinajstić information content (AvgIpc) is 2.76. The lowest BCUT2D eigenvalue weighted by molar-refractivity contribution is -0.141. The van der Waals surface area contributed by atoms with Crippen molar-refractivity contribution < 1.29 is 23.9 Å². The van der Waals surface area contributed by atoms with Gasteiger partial charge in [0.25, 0.3) is 0 Å². The van der Waals surface area contributed by atoms with Gasteiger partial charge in [0.05, 0.1) is 19.4 Å². The molecule has 0 bridgehead atoms. The lowest BCUT2D eigenvalue weighted by Crippen LogP contribution is -2.46. The standard InChI is InChI=1S/C26H34N2O5/c1-26(2,3)33-25(31)27-18-21(15-19-11-7-5-8-12-19)24(30)28-22(17-23(29)32-4)16-20-13-9-6-10-14-20/h5-14,21-22H,15-18H2,1-4H3,(H,27,31)(H,28,30)/t21-,22-/m0/s1. The molecule has 178 valence electrons. The van der Waals surface area contributed by atoms with Gasteiger partial charge in [0.2, 0.25) is 5.91 Å². The molecule has 0 heterocycles. The summed E-state index contributed by atoms with van der Waals surface area (Å²) in [7, 11) is 1.33. The Hall–Kier alpha value is -3.35. The molecule has 0 unspecified atom stereocenters. The molecule has 0 saturated carbocycles. The van der Waals surface area contributed by atoms with Crippen molar-refractivity contribution in [3.05, 3.63) is 71.8 Å². The second-order valence-electron chi connectivity index (χ2n) is 8.94. The normalized spacial score (nSPS) is 12.8. The third kappa shape index (κ3) is 10.2. The molecule has 0 saturated heterocycles. The van der Waals surface area contributed by atoms with Gasteiger partial charge in [-0.1, -0.05) is 60.7 Å². The number of nitrogens with one attached hydrogen (secondary N) is 2. The fourth-order valence-corrected chi connectivity index (χ4v) is 3.35. The van der Waals surface area contributed by atoms with E-state index in [9.17, 15) is 14.4 Å². The maximum Gasteiger partial charge on any atom is 0.407 e. The van der Waals surface area contributed by atoms with Gasteiger partial charge in [-0.05, 0) is 44.7 Å². The minimum Gasteiger partial charge on any atom is -0.469 e. The highest BCUT2D eigenvalue weighted by Crippen LogP contribution is 2.13. The molecule has 33 heavy (non-hydrogen) atoms. The molecule has 0 aliphatic rings. The van der Waals surface area contributed by atoms with Gasteiger partial charge in [-0.2, -0.15) is 0 Å². The van der Waals surface area contributed by atoms with E-state index in [0.717, 1.165) is 11.1 Å². The number of carbonyl (C=O) groups excluding carboxylic acids is 3.